The Morgan fingerprint density at radius 2 is 1.81 bits per heavy atom. The second kappa shape index (κ2) is 9.02. The number of aliphatic hydroxyl groups excluding tert-OH is 1. The third-order valence-electron chi connectivity index (χ3n) is 3.15. The van der Waals surface area contributed by atoms with Crippen LogP contribution in [-0.4, -0.2) is 44.1 Å². The van der Waals surface area contributed by atoms with Gasteiger partial charge in [-0.15, -0.1) is 0 Å². The summed E-state index contributed by atoms with van der Waals surface area (Å²) in [6, 6.07) is 6.44. The van der Waals surface area contributed by atoms with Gasteiger partial charge in [-0.05, 0) is 30.7 Å². The predicted octanol–water partition coefficient (Wildman–Crippen LogP) is 2.26. The van der Waals surface area contributed by atoms with E-state index in [0.717, 1.165) is 12.8 Å². The summed E-state index contributed by atoms with van der Waals surface area (Å²) < 4.78 is 31.9. The molecular weight excluding hydrogens is 290 g/mol. The number of sulfonamides is 1. The van der Waals surface area contributed by atoms with Gasteiger partial charge in [0.05, 0.1) is 11.5 Å². The lowest BCUT2D eigenvalue weighted by Crippen LogP contribution is -2.31. The maximum Gasteiger partial charge on any atom is 0.243 e. The zero-order valence-electron chi connectivity index (χ0n) is 12.8. The van der Waals surface area contributed by atoms with E-state index in [1.54, 1.807) is 24.3 Å². The van der Waals surface area contributed by atoms with Gasteiger partial charge in [0.15, 0.2) is 0 Å². The van der Waals surface area contributed by atoms with Crippen LogP contribution in [0.1, 0.15) is 33.1 Å². The average Bonchev–Trinajstić information content (AvgIpc) is 2.48. The topological polar surface area (TPSA) is 66.8 Å². The van der Waals surface area contributed by atoms with E-state index < -0.39 is 10.0 Å². The Labute approximate surface area is 127 Å². The van der Waals surface area contributed by atoms with Crippen molar-refractivity contribution in [2.45, 2.75) is 38.0 Å². The predicted molar refractivity (Wildman–Crippen MR) is 83.0 cm³/mol. The highest BCUT2D eigenvalue weighted by molar-refractivity contribution is 7.89. The first-order valence-electron chi connectivity index (χ1n) is 7.40. The van der Waals surface area contributed by atoms with Crippen LogP contribution in [0.3, 0.4) is 0 Å². The number of benzene rings is 1. The number of hydrogen-bond donors (Lipinski definition) is 1. The first kappa shape index (κ1) is 17.9. The van der Waals surface area contributed by atoms with E-state index in [1.807, 2.05) is 13.8 Å². The van der Waals surface area contributed by atoms with Crippen LogP contribution in [-0.2, 0) is 10.0 Å². The molecule has 6 heteroatoms. The van der Waals surface area contributed by atoms with Crippen molar-refractivity contribution < 1.29 is 18.3 Å². The van der Waals surface area contributed by atoms with Gasteiger partial charge in [-0.25, -0.2) is 8.42 Å². The van der Waals surface area contributed by atoms with Gasteiger partial charge in [0.25, 0.3) is 0 Å². The van der Waals surface area contributed by atoms with Gasteiger partial charge in [0.2, 0.25) is 10.0 Å². The van der Waals surface area contributed by atoms with Crippen molar-refractivity contribution >= 4 is 10.0 Å². The van der Waals surface area contributed by atoms with Crippen molar-refractivity contribution in [1.82, 2.24) is 4.31 Å². The molecule has 0 fully saturated rings. The first-order valence-corrected chi connectivity index (χ1v) is 8.84. The number of hydrogen-bond acceptors (Lipinski definition) is 4. The molecule has 0 heterocycles. The summed E-state index contributed by atoms with van der Waals surface area (Å²) in [7, 11) is -3.43. The molecule has 1 rings (SSSR count). The Hall–Kier alpha value is -1.11. The molecule has 1 aromatic rings. The van der Waals surface area contributed by atoms with Crippen molar-refractivity contribution in [3.05, 3.63) is 24.3 Å². The van der Waals surface area contributed by atoms with E-state index in [1.165, 1.54) is 4.31 Å². The average molecular weight is 315 g/mol. The van der Waals surface area contributed by atoms with Crippen LogP contribution in [0.5, 0.6) is 5.75 Å². The number of nitrogens with zero attached hydrogens (tertiary/aromatic N) is 1. The van der Waals surface area contributed by atoms with Gasteiger partial charge in [-0.3, -0.25) is 0 Å². The summed E-state index contributed by atoms with van der Waals surface area (Å²) in [5.74, 6) is 0.610. The molecule has 0 aliphatic rings. The Morgan fingerprint density at radius 3 is 2.33 bits per heavy atom. The summed E-state index contributed by atoms with van der Waals surface area (Å²) in [5.41, 5.74) is 0. The molecule has 0 unspecified atom stereocenters. The number of unbranched alkanes of at least 4 members (excludes halogenated alkanes) is 1. The van der Waals surface area contributed by atoms with Crippen LogP contribution in [0.4, 0.5) is 0 Å². The fourth-order valence-electron chi connectivity index (χ4n) is 1.89. The van der Waals surface area contributed by atoms with Crippen LogP contribution in [0.15, 0.2) is 29.2 Å². The van der Waals surface area contributed by atoms with Crippen molar-refractivity contribution in [2.24, 2.45) is 0 Å². The van der Waals surface area contributed by atoms with Crippen LogP contribution in [0.25, 0.3) is 0 Å². The molecule has 21 heavy (non-hydrogen) atoms. The molecule has 0 amide bonds. The zero-order valence-corrected chi connectivity index (χ0v) is 13.6. The molecule has 0 saturated carbocycles. The fourth-order valence-corrected chi connectivity index (χ4v) is 3.38. The van der Waals surface area contributed by atoms with Gasteiger partial charge in [-0.1, -0.05) is 20.3 Å². The zero-order chi connectivity index (χ0) is 15.7. The first-order chi connectivity index (χ1) is 10.1. The van der Waals surface area contributed by atoms with Crippen LogP contribution >= 0.6 is 0 Å². The monoisotopic (exact) mass is 315 g/mol. The Morgan fingerprint density at radius 1 is 1.14 bits per heavy atom. The third-order valence-corrected chi connectivity index (χ3v) is 5.13. The third kappa shape index (κ3) is 5.30. The van der Waals surface area contributed by atoms with Crippen molar-refractivity contribution in [1.29, 1.82) is 0 Å². The summed E-state index contributed by atoms with van der Waals surface area (Å²) in [6.45, 7) is 5.40. The highest BCUT2D eigenvalue weighted by Crippen LogP contribution is 2.20. The van der Waals surface area contributed by atoms with Gasteiger partial charge in [0, 0.05) is 26.1 Å². The number of ether oxygens (including phenoxy) is 1. The molecule has 0 aliphatic carbocycles. The lowest BCUT2D eigenvalue weighted by atomic mass is 10.3. The molecule has 0 atom stereocenters. The second-order valence-corrected chi connectivity index (χ2v) is 6.69. The molecule has 1 aromatic carbocycles. The lowest BCUT2D eigenvalue weighted by molar-refractivity contribution is 0.233. The highest BCUT2D eigenvalue weighted by atomic mass is 32.2. The molecule has 120 valence electrons. The van der Waals surface area contributed by atoms with E-state index in [0.29, 0.717) is 31.9 Å². The smallest absolute Gasteiger partial charge is 0.243 e. The van der Waals surface area contributed by atoms with E-state index >= 15 is 0 Å². The summed E-state index contributed by atoms with van der Waals surface area (Å²) in [5, 5.41) is 8.69. The SMILES string of the molecule is CCCCN(CC)S(=O)(=O)c1ccc(OCCCO)cc1. The normalized spacial score (nSPS) is 11.8. The van der Waals surface area contributed by atoms with Crippen molar-refractivity contribution in [3.63, 3.8) is 0 Å². The Bertz CT molecular complexity index is 499. The largest absolute Gasteiger partial charge is 0.494 e. The van der Waals surface area contributed by atoms with E-state index in [-0.39, 0.29) is 11.5 Å². The van der Waals surface area contributed by atoms with Crippen molar-refractivity contribution in [2.75, 3.05) is 26.3 Å². The van der Waals surface area contributed by atoms with Gasteiger partial charge >= 0.3 is 0 Å². The molecule has 0 aromatic heterocycles. The molecule has 0 aliphatic heterocycles. The quantitative estimate of drug-likeness (QED) is 0.673. The molecule has 1 N–H and O–H groups in total. The maximum atomic E-state index is 12.5. The Balaban J connectivity index is 2.78. The molecule has 5 nitrogen and oxygen atoms in total. The number of aliphatic hydroxyl groups is 1. The van der Waals surface area contributed by atoms with Crippen LogP contribution < -0.4 is 4.74 Å². The minimum Gasteiger partial charge on any atom is -0.494 e. The van der Waals surface area contributed by atoms with Crippen LogP contribution in [0.2, 0.25) is 0 Å². The molecule has 0 bridgehead atoms. The lowest BCUT2D eigenvalue weighted by Gasteiger charge is -2.20. The molecule has 0 spiro atoms. The van der Waals surface area contributed by atoms with Gasteiger partial charge < -0.3 is 9.84 Å². The summed E-state index contributed by atoms with van der Waals surface area (Å²) in [6.07, 6.45) is 2.37. The van der Waals surface area contributed by atoms with E-state index in [2.05, 4.69) is 0 Å². The van der Waals surface area contributed by atoms with Gasteiger partial charge in [0.1, 0.15) is 5.75 Å². The van der Waals surface area contributed by atoms with E-state index in [4.69, 9.17) is 9.84 Å². The standard InChI is InChI=1S/C15H25NO4S/c1-3-5-11-16(4-2)21(18,19)15-9-7-14(8-10-15)20-13-6-12-17/h7-10,17H,3-6,11-13H2,1-2H3. The molecule has 0 saturated heterocycles. The summed E-state index contributed by atoms with van der Waals surface area (Å²) in [4.78, 5) is 0.287. The Kier molecular flexibility index (Phi) is 7.71. The van der Waals surface area contributed by atoms with Gasteiger partial charge in [-0.2, -0.15) is 4.31 Å². The maximum absolute atomic E-state index is 12.5. The summed E-state index contributed by atoms with van der Waals surface area (Å²) >= 11 is 0. The highest BCUT2D eigenvalue weighted by Gasteiger charge is 2.22. The van der Waals surface area contributed by atoms with Crippen molar-refractivity contribution in [3.8, 4) is 5.75 Å². The second-order valence-electron chi connectivity index (χ2n) is 4.75. The molecule has 0 radical (unpaired) electrons. The molecular formula is C15H25NO4S. The minimum absolute atomic E-state index is 0.0787. The van der Waals surface area contributed by atoms with E-state index in [9.17, 15) is 8.42 Å². The fraction of sp³-hybridized carbons (Fsp3) is 0.600. The van der Waals surface area contributed by atoms with Crippen LogP contribution in [0, 0.1) is 0 Å². The minimum atomic E-state index is -3.43. The number of rotatable bonds is 10.